The van der Waals surface area contributed by atoms with E-state index in [0.717, 1.165) is 17.8 Å². The molecule has 1 aliphatic rings. The Morgan fingerprint density at radius 2 is 2.23 bits per heavy atom. The molecule has 0 saturated heterocycles. The van der Waals surface area contributed by atoms with Crippen molar-refractivity contribution >= 4 is 22.6 Å². The van der Waals surface area contributed by atoms with Crippen LogP contribution in [0.4, 0.5) is 8.78 Å². The summed E-state index contributed by atoms with van der Waals surface area (Å²) in [6, 6.07) is 5.90. The third-order valence-electron chi connectivity index (χ3n) is 5.29. The number of hydrogen-bond acceptors (Lipinski definition) is 5. The average molecular weight is 424 g/mol. The van der Waals surface area contributed by atoms with Crippen molar-refractivity contribution in [2.45, 2.75) is 6.42 Å². The molecule has 3 aromatic rings. The highest BCUT2D eigenvalue weighted by molar-refractivity contribution is 6.01. The Morgan fingerprint density at radius 3 is 2.87 bits per heavy atom. The van der Waals surface area contributed by atoms with Crippen LogP contribution in [0.1, 0.15) is 17.7 Å². The van der Waals surface area contributed by atoms with Gasteiger partial charge in [0.2, 0.25) is 0 Å². The summed E-state index contributed by atoms with van der Waals surface area (Å²) in [4.78, 5) is 19.9. The second-order valence-electron chi connectivity index (χ2n) is 7.14. The van der Waals surface area contributed by atoms with Crippen molar-refractivity contribution < 1.29 is 23.4 Å². The predicted molar refractivity (Wildman–Crippen MR) is 109 cm³/mol. The summed E-state index contributed by atoms with van der Waals surface area (Å²) < 4.78 is 34.2. The molecule has 0 spiro atoms. The van der Waals surface area contributed by atoms with Gasteiger partial charge < -0.3 is 14.8 Å². The van der Waals surface area contributed by atoms with E-state index in [1.165, 1.54) is 19.2 Å². The molecular weight excluding hydrogens is 406 g/mol. The second kappa shape index (κ2) is 8.16. The van der Waals surface area contributed by atoms with Crippen LogP contribution in [0.25, 0.3) is 27.7 Å². The summed E-state index contributed by atoms with van der Waals surface area (Å²) in [5.74, 6) is -1.92. The lowest BCUT2D eigenvalue weighted by Crippen LogP contribution is -2.33. The summed E-state index contributed by atoms with van der Waals surface area (Å²) in [5.41, 5.74) is 2.02. The quantitative estimate of drug-likeness (QED) is 0.649. The number of hydrogen-bond donors (Lipinski definition) is 2. The van der Waals surface area contributed by atoms with E-state index in [9.17, 15) is 18.8 Å². The van der Waals surface area contributed by atoms with E-state index in [2.05, 4.69) is 16.0 Å². The molecule has 0 atom stereocenters. The molecule has 0 unspecified atom stereocenters. The van der Waals surface area contributed by atoms with Crippen LogP contribution in [-0.4, -0.2) is 52.7 Å². The molecule has 7 nitrogen and oxygen atoms in total. The Hall–Kier alpha value is -3.77. The molecule has 4 rings (SSSR count). The maximum Gasteiger partial charge on any atom is 0.317 e. The molecule has 2 aromatic heterocycles. The van der Waals surface area contributed by atoms with Gasteiger partial charge in [-0.05, 0) is 30.2 Å². The van der Waals surface area contributed by atoms with Crippen LogP contribution >= 0.6 is 0 Å². The molecule has 9 heteroatoms. The number of rotatable bonds is 5. The lowest BCUT2D eigenvalue weighted by molar-refractivity contribution is -0.138. The monoisotopic (exact) mass is 424 g/mol. The predicted octanol–water partition coefficient (Wildman–Crippen LogP) is 3.56. The first-order valence-corrected chi connectivity index (χ1v) is 9.50. The fourth-order valence-electron chi connectivity index (χ4n) is 3.90. The zero-order chi connectivity index (χ0) is 22.1. The summed E-state index contributed by atoms with van der Waals surface area (Å²) in [5, 5.41) is 19.1. The summed E-state index contributed by atoms with van der Waals surface area (Å²) in [6.45, 7) is 0.844. The third kappa shape index (κ3) is 3.73. The maximum absolute atomic E-state index is 15.0. The molecule has 1 aliphatic heterocycles. The van der Waals surface area contributed by atoms with Crippen LogP contribution in [0.15, 0.2) is 30.5 Å². The second-order valence-corrected chi connectivity index (χ2v) is 7.14. The SMILES string of the molecule is COc1ccc(F)cc1-c1c(F)cnc2[nH]c(C3=CCN(CC(=O)O)CC3)c(C#N)c12. The van der Waals surface area contributed by atoms with Gasteiger partial charge in [-0.3, -0.25) is 9.69 Å². The maximum atomic E-state index is 15.0. The number of ether oxygens (including phenoxy) is 1. The molecule has 3 heterocycles. The molecule has 0 amide bonds. The van der Waals surface area contributed by atoms with E-state index in [1.807, 2.05) is 6.08 Å². The molecule has 1 aromatic carbocycles. The molecule has 0 aliphatic carbocycles. The summed E-state index contributed by atoms with van der Waals surface area (Å²) in [6.07, 6.45) is 3.37. The number of halogens is 2. The number of carboxylic acid groups (broad SMARTS) is 1. The highest BCUT2D eigenvalue weighted by Crippen LogP contribution is 2.40. The van der Waals surface area contributed by atoms with Crippen LogP contribution in [-0.2, 0) is 4.79 Å². The number of nitrogens with zero attached hydrogens (tertiary/aromatic N) is 3. The highest BCUT2D eigenvalue weighted by Gasteiger charge is 2.25. The van der Waals surface area contributed by atoms with Gasteiger partial charge in [0.05, 0.1) is 31.1 Å². The number of carboxylic acids is 1. The van der Waals surface area contributed by atoms with E-state index in [0.29, 0.717) is 30.9 Å². The molecule has 0 fully saturated rings. The van der Waals surface area contributed by atoms with Crippen LogP contribution in [0, 0.1) is 23.0 Å². The number of fused-ring (bicyclic) bond motifs is 1. The number of nitriles is 1. The number of nitrogens with one attached hydrogen (secondary N) is 1. The summed E-state index contributed by atoms with van der Waals surface area (Å²) >= 11 is 0. The van der Waals surface area contributed by atoms with Crippen molar-refractivity contribution in [1.82, 2.24) is 14.9 Å². The van der Waals surface area contributed by atoms with Crippen LogP contribution in [0.3, 0.4) is 0 Å². The number of aromatic nitrogens is 2. The zero-order valence-electron chi connectivity index (χ0n) is 16.6. The standard InChI is InChI=1S/C22H18F2N4O3/c1-31-17-3-2-13(23)8-14(17)19-16(24)10-26-22-20(19)15(9-25)21(27-22)12-4-6-28(7-5-12)11-18(29)30/h2-4,8,10H,5-7,11H2,1H3,(H,26,27)(H,29,30). The van der Waals surface area contributed by atoms with Crippen LogP contribution < -0.4 is 4.74 Å². The van der Waals surface area contributed by atoms with E-state index in [4.69, 9.17) is 9.84 Å². The Kier molecular flexibility index (Phi) is 5.40. The number of aromatic amines is 1. The van der Waals surface area contributed by atoms with E-state index < -0.39 is 17.6 Å². The topological polar surface area (TPSA) is 102 Å². The molecule has 0 bridgehead atoms. The minimum atomic E-state index is -0.909. The lowest BCUT2D eigenvalue weighted by Gasteiger charge is -2.24. The number of benzene rings is 1. The number of aliphatic carboxylic acids is 1. The minimum absolute atomic E-state index is 0.0318. The Labute approximate surface area is 176 Å². The lowest BCUT2D eigenvalue weighted by atomic mass is 9.96. The van der Waals surface area contributed by atoms with Gasteiger partial charge in [-0.15, -0.1) is 0 Å². The van der Waals surface area contributed by atoms with Crippen molar-refractivity contribution in [3.8, 4) is 22.9 Å². The minimum Gasteiger partial charge on any atom is -0.496 e. The van der Waals surface area contributed by atoms with Crippen molar-refractivity contribution in [2.24, 2.45) is 0 Å². The Balaban J connectivity index is 1.89. The molecule has 0 saturated carbocycles. The van der Waals surface area contributed by atoms with Crippen molar-refractivity contribution in [3.63, 3.8) is 0 Å². The van der Waals surface area contributed by atoms with Gasteiger partial charge in [-0.25, -0.2) is 13.8 Å². The number of carbonyl (C=O) groups is 1. The van der Waals surface area contributed by atoms with Gasteiger partial charge in [0.1, 0.15) is 29.1 Å². The van der Waals surface area contributed by atoms with Crippen molar-refractivity contribution in [1.29, 1.82) is 5.26 Å². The first-order valence-electron chi connectivity index (χ1n) is 9.50. The van der Waals surface area contributed by atoms with E-state index in [1.54, 1.807) is 4.90 Å². The Morgan fingerprint density at radius 1 is 1.42 bits per heavy atom. The molecule has 0 radical (unpaired) electrons. The average Bonchev–Trinajstić information content (AvgIpc) is 3.12. The van der Waals surface area contributed by atoms with Gasteiger partial charge in [0, 0.05) is 29.6 Å². The first kappa shape index (κ1) is 20.5. The number of pyridine rings is 1. The third-order valence-corrected chi connectivity index (χ3v) is 5.29. The van der Waals surface area contributed by atoms with Gasteiger partial charge in [0.25, 0.3) is 0 Å². The van der Waals surface area contributed by atoms with Crippen molar-refractivity contribution in [2.75, 3.05) is 26.7 Å². The fraction of sp³-hybridized carbons (Fsp3) is 0.227. The smallest absolute Gasteiger partial charge is 0.317 e. The summed E-state index contributed by atoms with van der Waals surface area (Å²) in [7, 11) is 1.40. The largest absolute Gasteiger partial charge is 0.496 e. The van der Waals surface area contributed by atoms with E-state index in [-0.39, 0.29) is 34.4 Å². The zero-order valence-corrected chi connectivity index (χ0v) is 16.6. The van der Waals surface area contributed by atoms with Crippen LogP contribution in [0.2, 0.25) is 0 Å². The Bertz CT molecular complexity index is 1260. The molecule has 158 valence electrons. The number of methoxy groups -OCH3 is 1. The van der Waals surface area contributed by atoms with Gasteiger partial charge in [0.15, 0.2) is 0 Å². The first-order chi connectivity index (χ1) is 14.9. The van der Waals surface area contributed by atoms with Gasteiger partial charge >= 0.3 is 5.97 Å². The van der Waals surface area contributed by atoms with Crippen LogP contribution in [0.5, 0.6) is 5.75 Å². The van der Waals surface area contributed by atoms with Gasteiger partial charge in [-0.2, -0.15) is 5.26 Å². The highest BCUT2D eigenvalue weighted by atomic mass is 19.1. The molecular formula is C22H18F2N4O3. The normalized spacial score (nSPS) is 14.3. The fourth-order valence-corrected chi connectivity index (χ4v) is 3.90. The number of H-pyrrole nitrogens is 1. The molecule has 31 heavy (non-hydrogen) atoms. The molecule has 2 N–H and O–H groups in total. The van der Waals surface area contributed by atoms with E-state index >= 15 is 0 Å². The van der Waals surface area contributed by atoms with Crippen molar-refractivity contribution in [3.05, 3.63) is 53.4 Å². The van der Waals surface area contributed by atoms with Gasteiger partial charge in [-0.1, -0.05) is 6.08 Å².